The smallest absolute Gasteiger partial charge is 0.125 e. The van der Waals surface area contributed by atoms with Crippen LogP contribution in [0.4, 0.5) is 5.82 Å². The molecule has 0 aliphatic rings. The van der Waals surface area contributed by atoms with Crippen LogP contribution in [0.25, 0.3) is 5.52 Å². The van der Waals surface area contributed by atoms with Gasteiger partial charge in [-0.05, 0) is 24.3 Å². The monoisotopic (exact) mass is 133 g/mol. The predicted octanol–water partition coefficient (Wildman–Crippen LogP) is 0.916. The molecule has 0 fully saturated rings. The van der Waals surface area contributed by atoms with Crippen LogP contribution in [0.1, 0.15) is 0 Å². The Bertz CT molecular complexity index is 350. The minimum Gasteiger partial charge on any atom is -0.384 e. The van der Waals surface area contributed by atoms with Crippen LogP contribution < -0.4 is 5.73 Å². The van der Waals surface area contributed by atoms with Crippen molar-refractivity contribution in [1.29, 1.82) is 0 Å². The van der Waals surface area contributed by atoms with E-state index in [2.05, 4.69) is 5.10 Å². The number of fused-ring (bicyclic) bond motifs is 1. The second kappa shape index (κ2) is 1.73. The van der Waals surface area contributed by atoms with Crippen molar-refractivity contribution in [2.75, 3.05) is 5.73 Å². The van der Waals surface area contributed by atoms with E-state index in [0.29, 0.717) is 5.82 Å². The van der Waals surface area contributed by atoms with Gasteiger partial charge in [-0.15, -0.1) is 0 Å². The Labute approximate surface area is 58.1 Å². The van der Waals surface area contributed by atoms with Crippen LogP contribution in [-0.4, -0.2) is 9.61 Å². The van der Waals surface area contributed by atoms with Gasteiger partial charge in [0.1, 0.15) is 5.82 Å². The largest absolute Gasteiger partial charge is 0.384 e. The molecule has 10 heavy (non-hydrogen) atoms. The lowest BCUT2D eigenvalue weighted by atomic mass is 10.5. The van der Waals surface area contributed by atoms with Crippen molar-refractivity contribution in [3.05, 3.63) is 30.5 Å². The number of anilines is 1. The summed E-state index contributed by atoms with van der Waals surface area (Å²) in [6, 6.07) is 7.61. The van der Waals surface area contributed by atoms with Crippen molar-refractivity contribution in [3.63, 3.8) is 0 Å². The third-order valence-electron chi connectivity index (χ3n) is 1.45. The van der Waals surface area contributed by atoms with Crippen molar-refractivity contribution in [1.82, 2.24) is 9.61 Å². The fourth-order valence-corrected chi connectivity index (χ4v) is 0.967. The van der Waals surface area contributed by atoms with E-state index in [1.54, 1.807) is 10.7 Å². The molecule has 3 heteroatoms. The van der Waals surface area contributed by atoms with Crippen molar-refractivity contribution in [2.24, 2.45) is 0 Å². The van der Waals surface area contributed by atoms with Gasteiger partial charge in [0.2, 0.25) is 0 Å². The highest BCUT2D eigenvalue weighted by Gasteiger charge is 1.93. The molecule has 0 atom stereocenters. The van der Waals surface area contributed by atoms with Gasteiger partial charge < -0.3 is 5.73 Å². The van der Waals surface area contributed by atoms with Crippen molar-refractivity contribution in [2.45, 2.75) is 0 Å². The molecule has 2 rings (SSSR count). The summed E-state index contributed by atoms with van der Waals surface area (Å²) in [5.74, 6) is 0.676. The van der Waals surface area contributed by atoms with Gasteiger partial charge >= 0.3 is 0 Å². The lowest BCUT2D eigenvalue weighted by Crippen LogP contribution is -1.94. The lowest BCUT2D eigenvalue weighted by molar-refractivity contribution is 0.952. The summed E-state index contributed by atoms with van der Waals surface area (Å²) in [4.78, 5) is 0. The normalized spacial score (nSPS) is 10.4. The van der Waals surface area contributed by atoms with Crippen molar-refractivity contribution >= 4 is 11.3 Å². The number of hydrogen-bond donors (Lipinski definition) is 1. The van der Waals surface area contributed by atoms with Crippen LogP contribution >= 0.6 is 0 Å². The molecule has 0 saturated carbocycles. The third-order valence-corrected chi connectivity index (χ3v) is 1.45. The maximum atomic E-state index is 5.58. The molecule has 0 bridgehead atoms. The second-order valence-electron chi connectivity index (χ2n) is 2.12. The van der Waals surface area contributed by atoms with E-state index in [9.17, 15) is 0 Å². The fourth-order valence-electron chi connectivity index (χ4n) is 0.967. The quantitative estimate of drug-likeness (QED) is 0.580. The van der Waals surface area contributed by atoms with Gasteiger partial charge in [0.15, 0.2) is 0 Å². The van der Waals surface area contributed by atoms with E-state index in [4.69, 9.17) is 5.73 Å². The Kier molecular flexibility index (Phi) is 0.917. The molecule has 0 spiro atoms. The van der Waals surface area contributed by atoms with Crippen LogP contribution in [0.15, 0.2) is 30.5 Å². The molecule has 50 valence electrons. The van der Waals surface area contributed by atoms with Gasteiger partial charge in [-0.1, -0.05) is 0 Å². The average molecular weight is 133 g/mol. The average Bonchev–Trinajstić information content (AvgIpc) is 2.34. The molecule has 3 nitrogen and oxygen atoms in total. The lowest BCUT2D eigenvalue weighted by Gasteiger charge is -1.92. The molecule has 2 heterocycles. The highest BCUT2D eigenvalue weighted by Crippen LogP contribution is 2.07. The minimum absolute atomic E-state index is 0.676. The van der Waals surface area contributed by atoms with Gasteiger partial charge in [-0.3, -0.25) is 0 Å². The van der Waals surface area contributed by atoms with Crippen LogP contribution in [-0.2, 0) is 0 Å². The van der Waals surface area contributed by atoms with Crippen LogP contribution in [0.5, 0.6) is 0 Å². The molecule has 0 unspecified atom stereocenters. The number of nitrogens with two attached hydrogens (primary N) is 1. The van der Waals surface area contributed by atoms with E-state index in [1.807, 2.05) is 24.3 Å². The summed E-state index contributed by atoms with van der Waals surface area (Å²) in [7, 11) is 0. The maximum absolute atomic E-state index is 5.58. The molecule has 0 saturated heterocycles. The van der Waals surface area contributed by atoms with E-state index in [1.165, 1.54) is 0 Å². The topological polar surface area (TPSA) is 43.3 Å². The van der Waals surface area contributed by atoms with Crippen molar-refractivity contribution < 1.29 is 0 Å². The first-order chi connectivity index (χ1) is 4.88. The van der Waals surface area contributed by atoms with Gasteiger partial charge in [0, 0.05) is 6.20 Å². The molecule has 0 aliphatic carbocycles. The third kappa shape index (κ3) is 0.572. The first kappa shape index (κ1) is 5.29. The standard InChI is InChI=1S/C7H7N3/c8-7-4-3-6-2-1-5-9-10(6)7/h1-5H,8H2. The summed E-state index contributed by atoms with van der Waals surface area (Å²) in [6.07, 6.45) is 1.71. The molecule has 0 radical (unpaired) electrons. The highest BCUT2D eigenvalue weighted by molar-refractivity contribution is 5.53. The number of nitrogens with zero attached hydrogens (tertiary/aromatic N) is 2. The molecular formula is C7H7N3. The first-order valence-corrected chi connectivity index (χ1v) is 3.06. The first-order valence-electron chi connectivity index (χ1n) is 3.06. The summed E-state index contributed by atoms with van der Waals surface area (Å²) < 4.78 is 1.69. The zero-order valence-electron chi connectivity index (χ0n) is 5.36. The molecule has 0 aromatic carbocycles. The Morgan fingerprint density at radius 3 is 3.00 bits per heavy atom. The Morgan fingerprint density at radius 1 is 1.30 bits per heavy atom. The van der Waals surface area contributed by atoms with Crippen LogP contribution in [0.3, 0.4) is 0 Å². The summed E-state index contributed by atoms with van der Waals surface area (Å²) in [5.41, 5.74) is 6.60. The van der Waals surface area contributed by atoms with E-state index in [-0.39, 0.29) is 0 Å². The van der Waals surface area contributed by atoms with Gasteiger partial charge in [-0.2, -0.15) is 5.10 Å². The number of nitrogen functional groups attached to an aromatic ring is 1. The van der Waals surface area contributed by atoms with Crippen molar-refractivity contribution in [3.8, 4) is 0 Å². The molecule has 2 aromatic rings. The highest BCUT2D eigenvalue weighted by atomic mass is 15.2. The van der Waals surface area contributed by atoms with Gasteiger partial charge in [-0.25, -0.2) is 4.52 Å². The summed E-state index contributed by atoms with van der Waals surface area (Å²) >= 11 is 0. The molecule has 2 aromatic heterocycles. The van der Waals surface area contributed by atoms with Gasteiger partial charge in [0.25, 0.3) is 0 Å². The summed E-state index contributed by atoms with van der Waals surface area (Å²) in [6.45, 7) is 0. The van der Waals surface area contributed by atoms with E-state index < -0.39 is 0 Å². The number of hydrogen-bond acceptors (Lipinski definition) is 2. The summed E-state index contributed by atoms with van der Waals surface area (Å²) in [5, 5.41) is 4.03. The maximum Gasteiger partial charge on any atom is 0.125 e. The fraction of sp³-hybridized carbons (Fsp3) is 0. The van der Waals surface area contributed by atoms with E-state index in [0.717, 1.165) is 5.52 Å². The van der Waals surface area contributed by atoms with Gasteiger partial charge in [0.05, 0.1) is 5.52 Å². The van der Waals surface area contributed by atoms with E-state index >= 15 is 0 Å². The zero-order valence-corrected chi connectivity index (χ0v) is 5.36. The molecular weight excluding hydrogens is 126 g/mol. The zero-order chi connectivity index (χ0) is 6.97. The Hall–Kier alpha value is -1.51. The van der Waals surface area contributed by atoms with Crippen LogP contribution in [0.2, 0.25) is 0 Å². The second-order valence-corrected chi connectivity index (χ2v) is 2.12. The molecule has 0 aliphatic heterocycles. The number of rotatable bonds is 0. The van der Waals surface area contributed by atoms with Crippen LogP contribution in [0, 0.1) is 0 Å². The SMILES string of the molecule is Nc1ccc2cccnn12. The minimum atomic E-state index is 0.676. The molecule has 2 N–H and O–H groups in total. The number of aromatic nitrogens is 2. The Morgan fingerprint density at radius 2 is 2.20 bits per heavy atom. The Balaban J connectivity index is 2.93. The molecule has 0 amide bonds. The predicted molar refractivity (Wildman–Crippen MR) is 39.6 cm³/mol.